The molecule has 0 saturated carbocycles. The summed E-state index contributed by atoms with van der Waals surface area (Å²) in [6.45, 7) is 0. The van der Waals surface area contributed by atoms with E-state index in [9.17, 15) is 4.79 Å². The van der Waals surface area contributed by atoms with Gasteiger partial charge in [0.25, 0.3) is 0 Å². The zero-order valence-electron chi connectivity index (χ0n) is 10.1. The number of nitrogens with zero attached hydrogens (tertiary/aromatic N) is 2. The molecule has 0 amide bonds. The number of carbonyl (C=O) groups excluding carboxylic acids is 1. The van der Waals surface area contributed by atoms with E-state index in [0.29, 0.717) is 5.56 Å². The standard InChI is InChI=1S/C15H11N3O/c16-11-14(15(19)12-7-3-1-4-8-12)18-17-13-9-5-2-6-10-13/h1-10,17H/b18-14+. The van der Waals surface area contributed by atoms with Crippen LogP contribution in [-0.2, 0) is 0 Å². The van der Waals surface area contributed by atoms with Crippen molar-refractivity contribution in [2.45, 2.75) is 0 Å². The summed E-state index contributed by atoms with van der Waals surface area (Å²) < 4.78 is 0. The molecule has 0 atom stereocenters. The highest BCUT2D eigenvalue weighted by atomic mass is 16.1. The van der Waals surface area contributed by atoms with Crippen LogP contribution in [0.15, 0.2) is 65.8 Å². The second-order valence-corrected chi connectivity index (χ2v) is 3.75. The maximum Gasteiger partial charge on any atom is 0.223 e. The number of nitriles is 1. The molecule has 0 bridgehead atoms. The van der Waals surface area contributed by atoms with E-state index in [4.69, 9.17) is 5.26 Å². The Balaban J connectivity index is 2.17. The molecule has 0 aromatic heterocycles. The smallest absolute Gasteiger partial charge is 0.223 e. The van der Waals surface area contributed by atoms with Crippen LogP contribution in [0, 0.1) is 11.3 Å². The van der Waals surface area contributed by atoms with Gasteiger partial charge in [0.1, 0.15) is 6.07 Å². The van der Waals surface area contributed by atoms with Crippen molar-refractivity contribution in [2.24, 2.45) is 5.10 Å². The first-order valence-corrected chi connectivity index (χ1v) is 5.70. The summed E-state index contributed by atoms with van der Waals surface area (Å²) >= 11 is 0. The van der Waals surface area contributed by atoms with Crippen molar-refractivity contribution in [1.29, 1.82) is 5.26 Å². The van der Waals surface area contributed by atoms with Crippen molar-refractivity contribution in [3.05, 3.63) is 66.2 Å². The van der Waals surface area contributed by atoms with Crippen LogP contribution in [0.2, 0.25) is 0 Å². The Morgan fingerprint density at radius 1 is 1.00 bits per heavy atom. The van der Waals surface area contributed by atoms with E-state index in [0.717, 1.165) is 5.69 Å². The monoisotopic (exact) mass is 249 g/mol. The zero-order chi connectivity index (χ0) is 13.5. The number of rotatable bonds is 4. The van der Waals surface area contributed by atoms with Crippen LogP contribution >= 0.6 is 0 Å². The lowest BCUT2D eigenvalue weighted by molar-refractivity contribution is 0.106. The Morgan fingerprint density at radius 2 is 1.58 bits per heavy atom. The van der Waals surface area contributed by atoms with Gasteiger partial charge >= 0.3 is 0 Å². The SMILES string of the molecule is N#C/C(=N\Nc1ccccc1)C(=O)c1ccccc1. The van der Waals surface area contributed by atoms with Crippen LogP contribution in [0.4, 0.5) is 5.69 Å². The molecular weight excluding hydrogens is 238 g/mol. The van der Waals surface area contributed by atoms with Crippen molar-refractivity contribution < 1.29 is 4.79 Å². The summed E-state index contributed by atoms with van der Waals surface area (Å²) in [5, 5.41) is 12.8. The van der Waals surface area contributed by atoms with E-state index in [1.165, 1.54) is 0 Å². The summed E-state index contributed by atoms with van der Waals surface area (Å²) in [5.41, 5.74) is 3.68. The Bertz CT molecular complexity index is 627. The highest BCUT2D eigenvalue weighted by Crippen LogP contribution is 2.06. The fourth-order valence-electron chi connectivity index (χ4n) is 1.49. The van der Waals surface area contributed by atoms with E-state index in [-0.39, 0.29) is 5.71 Å². The van der Waals surface area contributed by atoms with Crippen molar-refractivity contribution in [1.82, 2.24) is 0 Å². The maximum absolute atomic E-state index is 12.0. The topological polar surface area (TPSA) is 65.2 Å². The van der Waals surface area contributed by atoms with Crippen LogP contribution in [0.1, 0.15) is 10.4 Å². The number of ketones is 1. The lowest BCUT2D eigenvalue weighted by atomic mass is 10.1. The van der Waals surface area contributed by atoms with Gasteiger partial charge in [-0.1, -0.05) is 48.5 Å². The lowest BCUT2D eigenvalue weighted by Crippen LogP contribution is -2.14. The molecule has 0 aliphatic rings. The Morgan fingerprint density at radius 3 is 2.16 bits per heavy atom. The fraction of sp³-hybridized carbons (Fsp3) is 0. The molecule has 0 aliphatic heterocycles. The molecule has 0 unspecified atom stereocenters. The van der Waals surface area contributed by atoms with Gasteiger partial charge in [0.2, 0.25) is 11.5 Å². The molecule has 4 nitrogen and oxygen atoms in total. The summed E-state index contributed by atoms with van der Waals surface area (Å²) in [5.74, 6) is -0.397. The van der Waals surface area contributed by atoms with Crippen molar-refractivity contribution in [2.75, 3.05) is 5.43 Å². The molecule has 2 aromatic rings. The molecule has 92 valence electrons. The number of benzene rings is 2. The molecule has 0 saturated heterocycles. The normalized spacial score (nSPS) is 10.6. The predicted molar refractivity (Wildman–Crippen MR) is 73.9 cm³/mol. The molecule has 0 heterocycles. The van der Waals surface area contributed by atoms with Gasteiger partial charge in [0.15, 0.2) is 0 Å². The van der Waals surface area contributed by atoms with Gasteiger partial charge in [-0.05, 0) is 12.1 Å². The first-order valence-electron chi connectivity index (χ1n) is 5.70. The second-order valence-electron chi connectivity index (χ2n) is 3.75. The number of nitrogens with one attached hydrogen (secondary N) is 1. The number of hydrogen-bond donors (Lipinski definition) is 1. The second kappa shape index (κ2) is 6.12. The van der Waals surface area contributed by atoms with Crippen LogP contribution in [0.3, 0.4) is 0 Å². The Kier molecular flexibility index (Phi) is 4.04. The average molecular weight is 249 g/mol. The van der Waals surface area contributed by atoms with Crippen molar-refractivity contribution in [3.8, 4) is 6.07 Å². The summed E-state index contributed by atoms with van der Waals surface area (Å²) in [4.78, 5) is 12.0. The minimum Gasteiger partial charge on any atom is -0.286 e. The number of para-hydroxylation sites is 1. The van der Waals surface area contributed by atoms with Gasteiger partial charge in [-0.15, -0.1) is 0 Å². The van der Waals surface area contributed by atoms with Crippen molar-refractivity contribution >= 4 is 17.2 Å². The first kappa shape index (κ1) is 12.5. The fourth-order valence-corrected chi connectivity index (χ4v) is 1.49. The molecule has 0 radical (unpaired) electrons. The summed E-state index contributed by atoms with van der Waals surface area (Å²) in [6.07, 6.45) is 0. The summed E-state index contributed by atoms with van der Waals surface area (Å²) in [7, 11) is 0. The van der Waals surface area contributed by atoms with E-state index in [1.807, 2.05) is 30.3 Å². The first-order chi connectivity index (χ1) is 9.31. The number of anilines is 1. The van der Waals surface area contributed by atoms with Gasteiger partial charge in [0, 0.05) is 5.56 Å². The minimum absolute atomic E-state index is 0.171. The van der Waals surface area contributed by atoms with Crippen molar-refractivity contribution in [3.63, 3.8) is 0 Å². The quantitative estimate of drug-likeness (QED) is 0.514. The van der Waals surface area contributed by atoms with Gasteiger partial charge in [-0.2, -0.15) is 10.4 Å². The largest absolute Gasteiger partial charge is 0.286 e. The van der Waals surface area contributed by atoms with Crippen LogP contribution in [0.25, 0.3) is 0 Å². The minimum atomic E-state index is -0.397. The molecule has 0 aliphatic carbocycles. The molecule has 1 N–H and O–H groups in total. The van der Waals surface area contributed by atoms with Gasteiger partial charge in [0.05, 0.1) is 5.69 Å². The molecular formula is C15H11N3O. The predicted octanol–water partition coefficient (Wildman–Crippen LogP) is 2.86. The van der Waals surface area contributed by atoms with E-state index in [1.54, 1.807) is 36.4 Å². The molecule has 0 spiro atoms. The number of hydrazone groups is 1. The third-order valence-electron chi connectivity index (χ3n) is 2.43. The molecule has 19 heavy (non-hydrogen) atoms. The zero-order valence-corrected chi connectivity index (χ0v) is 10.1. The lowest BCUT2D eigenvalue weighted by Gasteiger charge is -2.01. The molecule has 4 heteroatoms. The van der Waals surface area contributed by atoms with Crippen LogP contribution in [-0.4, -0.2) is 11.5 Å². The number of Topliss-reactive ketones (excluding diaryl/α,β-unsaturated/α-hetero) is 1. The Labute approximate surface area is 111 Å². The van der Waals surface area contributed by atoms with Gasteiger partial charge in [-0.3, -0.25) is 10.2 Å². The van der Waals surface area contributed by atoms with Crippen LogP contribution in [0.5, 0.6) is 0 Å². The van der Waals surface area contributed by atoms with Crippen LogP contribution < -0.4 is 5.43 Å². The van der Waals surface area contributed by atoms with E-state index >= 15 is 0 Å². The van der Waals surface area contributed by atoms with E-state index in [2.05, 4.69) is 10.5 Å². The molecule has 2 rings (SSSR count). The number of hydrogen-bond acceptors (Lipinski definition) is 4. The number of carbonyl (C=O) groups is 1. The van der Waals surface area contributed by atoms with E-state index < -0.39 is 5.78 Å². The summed E-state index contributed by atoms with van der Waals surface area (Å²) in [6, 6.07) is 19.5. The molecule has 0 fully saturated rings. The third kappa shape index (κ3) is 3.27. The highest BCUT2D eigenvalue weighted by molar-refractivity contribution is 6.51. The third-order valence-corrected chi connectivity index (χ3v) is 2.43. The molecule has 2 aromatic carbocycles. The van der Waals surface area contributed by atoms with Gasteiger partial charge in [-0.25, -0.2) is 0 Å². The Hall–Kier alpha value is -2.93. The van der Waals surface area contributed by atoms with Gasteiger partial charge < -0.3 is 0 Å². The average Bonchev–Trinajstić information content (AvgIpc) is 2.49. The maximum atomic E-state index is 12.0. The highest BCUT2D eigenvalue weighted by Gasteiger charge is 2.13.